The van der Waals surface area contributed by atoms with E-state index >= 15 is 0 Å². The molecule has 0 aliphatic heterocycles. The van der Waals surface area contributed by atoms with Crippen molar-refractivity contribution in [3.8, 4) is 0 Å². The highest BCUT2D eigenvalue weighted by Crippen LogP contribution is 2.30. The molecule has 184 valence electrons. The van der Waals surface area contributed by atoms with Crippen molar-refractivity contribution in [3.63, 3.8) is 0 Å². The van der Waals surface area contributed by atoms with Gasteiger partial charge in [0.25, 0.3) is 0 Å². The fourth-order valence-electron chi connectivity index (χ4n) is 3.92. The van der Waals surface area contributed by atoms with Gasteiger partial charge in [-0.2, -0.15) is 0 Å². The lowest BCUT2D eigenvalue weighted by Gasteiger charge is -2.31. The molecule has 1 aliphatic rings. The standard InChI is InChI=1S/C24H32ClN5O4/c1-13(27-23(33)34-24(3,4)5)22(32)29-16-8-6-15(7-9-16)28-20-17(14(2)31)12-26-18-10-11-19(25)30-21(18)20/h10-13,15-16H,6-9H2,1-5H3,(H,26,28)(H,27,33)(H,29,32)/t13?,15-,16-. The molecule has 9 nitrogen and oxygen atoms in total. The maximum atomic E-state index is 12.5. The van der Waals surface area contributed by atoms with Gasteiger partial charge in [0.05, 0.1) is 16.8 Å². The zero-order valence-corrected chi connectivity index (χ0v) is 21.0. The number of hydrogen-bond donors (Lipinski definition) is 3. The summed E-state index contributed by atoms with van der Waals surface area (Å²) < 4.78 is 5.20. The average molecular weight is 490 g/mol. The molecule has 1 fully saturated rings. The lowest BCUT2D eigenvalue weighted by atomic mass is 9.90. The van der Waals surface area contributed by atoms with Crippen LogP contribution in [0.3, 0.4) is 0 Å². The number of amides is 2. The number of carbonyl (C=O) groups is 3. The second kappa shape index (κ2) is 10.5. The molecule has 2 aromatic rings. The Labute approximate surface area is 204 Å². The number of alkyl carbamates (subject to hydrolysis) is 1. The molecule has 0 radical (unpaired) electrons. The maximum absolute atomic E-state index is 12.5. The van der Waals surface area contributed by atoms with E-state index < -0.39 is 17.7 Å². The summed E-state index contributed by atoms with van der Waals surface area (Å²) in [5, 5.41) is 9.38. The first kappa shape index (κ1) is 25.7. The molecule has 3 N–H and O–H groups in total. The van der Waals surface area contributed by atoms with Crippen LogP contribution in [0.15, 0.2) is 18.3 Å². The van der Waals surface area contributed by atoms with Crippen LogP contribution < -0.4 is 16.0 Å². The zero-order chi connectivity index (χ0) is 25.0. The fraction of sp³-hybridized carbons (Fsp3) is 0.542. The number of pyridine rings is 2. The molecule has 34 heavy (non-hydrogen) atoms. The van der Waals surface area contributed by atoms with Crippen molar-refractivity contribution in [1.82, 2.24) is 20.6 Å². The summed E-state index contributed by atoms with van der Waals surface area (Å²) in [5.74, 6) is -0.355. The number of hydrogen-bond acceptors (Lipinski definition) is 7. The SMILES string of the molecule is CC(=O)c1cnc2ccc(Cl)nc2c1N[C@H]1CC[C@H](NC(=O)C(C)NC(=O)OC(C)(C)C)CC1. The molecule has 2 amide bonds. The predicted molar refractivity (Wildman–Crippen MR) is 131 cm³/mol. The summed E-state index contributed by atoms with van der Waals surface area (Å²) in [7, 11) is 0. The fourth-order valence-corrected chi connectivity index (χ4v) is 4.07. The normalized spacial score (nSPS) is 19.2. The molecule has 0 bridgehead atoms. The van der Waals surface area contributed by atoms with E-state index in [-0.39, 0.29) is 23.8 Å². The monoisotopic (exact) mass is 489 g/mol. The highest BCUT2D eigenvalue weighted by Gasteiger charge is 2.27. The molecule has 1 aliphatic carbocycles. The van der Waals surface area contributed by atoms with Gasteiger partial charge in [-0.05, 0) is 72.4 Å². The van der Waals surface area contributed by atoms with E-state index in [4.69, 9.17) is 16.3 Å². The zero-order valence-electron chi connectivity index (χ0n) is 20.2. The van der Waals surface area contributed by atoms with E-state index in [0.717, 1.165) is 25.7 Å². The van der Waals surface area contributed by atoms with E-state index in [2.05, 4.69) is 25.9 Å². The van der Waals surface area contributed by atoms with Gasteiger partial charge >= 0.3 is 6.09 Å². The number of carbonyl (C=O) groups excluding carboxylic acids is 3. The van der Waals surface area contributed by atoms with Gasteiger partial charge < -0.3 is 20.7 Å². The molecule has 0 aromatic carbocycles. The Morgan fingerprint density at radius 2 is 1.76 bits per heavy atom. The van der Waals surface area contributed by atoms with Crippen LogP contribution in [-0.2, 0) is 9.53 Å². The minimum Gasteiger partial charge on any atom is -0.444 e. The third-order valence-electron chi connectivity index (χ3n) is 5.61. The van der Waals surface area contributed by atoms with Crippen LogP contribution in [0.1, 0.15) is 70.7 Å². The lowest BCUT2D eigenvalue weighted by Crippen LogP contribution is -2.50. The number of halogens is 1. The van der Waals surface area contributed by atoms with Gasteiger partial charge in [-0.15, -0.1) is 0 Å². The first-order valence-corrected chi connectivity index (χ1v) is 11.8. The van der Waals surface area contributed by atoms with E-state index in [1.54, 1.807) is 46.0 Å². The van der Waals surface area contributed by atoms with Gasteiger partial charge in [-0.3, -0.25) is 14.6 Å². The number of ketones is 1. The molecular weight excluding hydrogens is 458 g/mol. The summed E-state index contributed by atoms with van der Waals surface area (Å²) in [5.41, 5.74) is 1.71. The Hall–Kier alpha value is -2.94. The van der Waals surface area contributed by atoms with E-state index in [1.165, 1.54) is 6.92 Å². The summed E-state index contributed by atoms with van der Waals surface area (Å²) >= 11 is 6.10. The van der Waals surface area contributed by atoms with Crippen molar-refractivity contribution in [3.05, 3.63) is 29.0 Å². The number of nitrogens with one attached hydrogen (secondary N) is 3. The molecular formula is C24H32ClN5O4. The summed E-state index contributed by atoms with van der Waals surface area (Å²) in [6.07, 6.45) is 4.04. The highest BCUT2D eigenvalue weighted by molar-refractivity contribution is 6.30. The summed E-state index contributed by atoms with van der Waals surface area (Å²) in [6, 6.07) is 2.85. The third kappa shape index (κ3) is 6.79. The van der Waals surface area contributed by atoms with Gasteiger partial charge in [0, 0.05) is 18.3 Å². The van der Waals surface area contributed by atoms with Crippen molar-refractivity contribution in [2.45, 2.75) is 84.0 Å². The quantitative estimate of drug-likeness (QED) is 0.409. The van der Waals surface area contributed by atoms with Crippen LogP contribution in [-0.4, -0.2) is 51.5 Å². The van der Waals surface area contributed by atoms with Crippen molar-refractivity contribution in [2.75, 3.05) is 5.32 Å². The first-order valence-electron chi connectivity index (χ1n) is 11.5. The maximum Gasteiger partial charge on any atom is 0.408 e. The Kier molecular flexibility index (Phi) is 7.97. The minimum absolute atomic E-state index is 0.00228. The number of Topliss-reactive ketones (excluding diaryl/α,β-unsaturated/α-hetero) is 1. The molecule has 3 rings (SSSR count). The van der Waals surface area contributed by atoms with E-state index in [0.29, 0.717) is 27.4 Å². The second-order valence-electron chi connectivity index (χ2n) is 9.67. The average Bonchev–Trinajstić information content (AvgIpc) is 2.73. The molecule has 2 aromatic heterocycles. The Bertz CT molecular complexity index is 1080. The highest BCUT2D eigenvalue weighted by atomic mass is 35.5. The van der Waals surface area contributed by atoms with Crippen molar-refractivity contribution >= 4 is 46.1 Å². The van der Waals surface area contributed by atoms with Crippen LogP contribution in [0, 0.1) is 0 Å². The molecule has 1 atom stereocenters. The predicted octanol–water partition coefficient (Wildman–Crippen LogP) is 4.24. The molecule has 10 heteroatoms. The van der Waals surface area contributed by atoms with Gasteiger partial charge in [0.15, 0.2) is 5.78 Å². The van der Waals surface area contributed by atoms with Crippen LogP contribution in [0.25, 0.3) is 11.0 Å². The Balaban J connectivity index is 1.59. The number of aromatic nitrogens is 2. The van der Waals surface area contributed by atoms with Crippen molar-refractivity contribution < 1.29 is 19.1 Å². The van der Waals surface area contributed by atoms with Crippen LogP contribution in [0.4, 0.5) is 10.5 Å². The number of rotatable bonds is 6. The number of ether oxygens (including phenoxy) is 1. The Morgan fingerprint density at radius 1 is 1.12 bits per heavy atom. The molecule has 0 saturated heterocycles. The van der Waals surface area contributed by atoms with Gasteiger partial charge in [-0.1, -0.05) is 11.6 Å². The summed E-state index contributed by atoms with van der Waals surface area (Å²) in [6.45, 7) is 8.42. The third-order valence-corrected chi connectivity index (χ3v) is 5.82. The lowest BCUT2D eigenvalue weighted by molar-refractivity contribution is -0.123. The number of anilines is 1. The molecule has 0 spiro atoms. The van der Waals surface area contributed by atoms with Crippen molar-refractivity contribution in [1.29, 1.82) is 0 Å². The minimum atomic E-state index is -0.706. The molecule has 1 saturated carbocycles. The van der Waals surface area contributed by atoms with E-state index in [1.807, 2.05) is 0 Å². The van der Waals surface area contributed by atoms with Crippen LogP contribution in [0.2, 0.25) is 5.15 Å². The van der Waals surface area contributed by atoms with Gasteiger partial charge in [0.1, 0.15) is 22.3 Å². The number of fused-ring (bicyclic) bond motifs is 1. The molecule has 1 unspecified atom stereocenters. The topological polar surface area (TPSA) is 122 Å². The van der Waals surface area contributed by atoms with E-state index in [9.17, 15) is 14.4 Å². The summed E-state index contributed by atoms with van der Waals surface area (Å²) in [4.78, 5) is 45.3. The molecule has 2 heterocycles. The largest absolute Gasteiger partial charge is 0.444 e. The first-order chi connectivity index (χ1) is 15.9. The Morgan fingerprint density at radius 3 is 2.38 bits per heavy atom. The van der Waals surface area contributed by atoms with Gasteiger partial charge in [-0.25, -0.2) is 9.78 Å². The van der Waals surface area contributed by atoms with Crippen LogP contribution in [0.5, 0.6) is 0 Å². The van der Waals surface area contributed by atoms with Crippen molar-refractivity contribution in [2.24, 2.45) is 0 Å². The second-order valence-corrected chi connectivity index (χ2v) is 10.1. The number of nitrogens with zero attached hydrogens (tertiary/aromatic N) is 2. The van der Waals surface area contributed by atoms with Gasteiger partial charge in [0.2, 0.25) is 5.91 Å². The smallest absolute Gasteiger partial charge is 0.408 e. The van der Waals surface area contributed by atoms with Crippen LogP contribution >= 0.6 is 11.6 Å².